The van der Waals surface area contributed by atoms with E-state index in [9.17, 15) is 9.59 Å². The lowest BCUT2D eigenvalue weighted by Crippen LogP contribution is -2.30. The number of ether oxygens (including phenoxy) is 2. The van der Waals surface area contributed by atoms with Gasteiger partial charge in [-0.1, -0.05) is 0 Å². The molecule has 0 aliphatic carbocycles. The average Bonchev–Trinajstić information content (AvgIpc) is 3.37. The summed E-state index contributed by atoms with van der Waals surface area (Å²) in [6.45, 7) is 1.62. The van der Waals surface area contributed by atoms with Gasteiger partial charge >= 0.3 is 5.97 Å². The van der Waals surface area contributed by atoms with Gasteiger partial charge in [0.1, 0.15) is 11.4 Å². The molecule has 9 heteroatoms. The molecule has 0 radical (unpaired) electrons. The van der Waals surface area contributed by atoms with E-state index in [1.807, 2.05) is 6.07 Å². The van der Waals surface area contributed by atoms with Crippen molar-refractivity contribution < 1.29 is 19.1 Å². The lowest BCUT2D eigenvalue weighted by Gasteiger charge is -2.13. The molecule has 1 amide bonds. The first-order valence-electron chi connectivity index (χ1n) is 8.20. The molecule has 0 saturated carbocycles. The first kappa shape index (κ1) is 19.1. The smallest absolute Gasteiger partial charge is 0.354 e. The number of rotatable bonds is 6. The number of aromatic amines is 1. The molecule has 3 rings (SSSR count). The number of nitrogens with one attached hydrogen (secondary N) is 2. The summed E-state index contributed by atoms with van der Waals surface area (Å²) in [6.07, 6.45) is 0.891. The highest BCUT2D eigenvalue weighted by Crippen LogP contribution is 2.26. The minimum absolute atomic E-state index is 0.320. The van der Waals surface area contributed by atoms with Gasteiger partial charge in [-0.15, -0.1) is 11.3 Å². The van der Waals surface area contributed by atoms with Gasteiger partial charge in [0, 0.05) is 17.1 Å². The Morgan fingerprint density at radius 1 is 1.32 bits per heavy atom. The van der Waals surface area contributed by atoms with Gasteiger partial charge in [0.2, 0.25) is 0 Å². The number of esters is 1. The maximum Gasteiger partial charge on any atom is 0.354 e. The van der Waals surface area contributed by atoms with Crippen LogP contribution in [-0.4, -0.2) is 35.1 Å². The van der Waals surface area contributed by atoms with Crippen LogP contribution in [0.25, 0.3) is 11.3 Å². The molecule has 1 aromatic carbocycles. The van der Waals surface area contributed by atoms with E-state index in [0.717, 1.165) is 0 Å². The Bertz CT molecular complexity index is 1030. The number of carbonyl (C=O) groups is 2. The molecule has 2 heterocycles. The molecule has 8 nitrogen and oxygen atoms in total. The van der Waals surface area contributed by atoms with E-state index < -0.39 is 12.1 Å². The van der Waals surface area contributed by atoms with Gasteiger partial charge in [0.25, 0.3) is 5.91 Å². The third kappa shape index (κ3) is 4.36. The molecule has 0 spiro atoms. The normalized spacial score (nSPS) is 11.3. The molecule has 0 aliphatic heterocycles. The van der Waals surface area contributed by atoms with E-state index in [-0.39, 0.29) is 5.91 Å². The number of methoxy groups -OCH3 is 1. The number of carbonyl (C=O) groups excluding carboxylic acids is 2. The number of nitriles is 1. The highest BCUT2D eigenvalue weighted by Gasteiger charge is 2.17. The van der Waals surface area contributed by atoms with E-state index in [2.05, 4.69) is 20.0 Å². The standard InChI is InChI=1S/C19H16N4O4S/c1-11(27-14-5-3-12(8-20)4-6-14)17(24)23-19-22-16(10-28-19)13-7-15(21-9-13)18(25)26-2/h3-7,9-11,21H,1-2H3,(H,22,23,24). The molecule has 2 aromatic heterocycles. The summed E-state index contributed by atoms with van der Waals surface area (Å²) in [4.78, 5) is 31.0. The van der Waals surface area contributed by atoms with Gasteiger partial charge in [-0.25, -0.2) is 9.78 Å². The third-order valence-electron chi connectivity index (χ3n) is 3.78. The van der Waals surface area contributed by atoms with Crippen molar-refractivity contribution in [1.29, 1.82) is 5.26 Å². The zero-order valence-electron chi connectivity index (χ0n) is 15.1. The van der Waals surface area contributed by atoms with E-state index in [0.29, 0.717) is 33.4 Å². The first-order chi connectivity index (χ1) is 13.5. The van der Waals surface area contributed by atoms with Gasteiger partial charge in [0.15, 0.2) is 11.2 Å². The number of nitrogens with zero attached hydrogens (tertiary/aromatic N) is 2. The van der Waals surface area contributed by atoms with Crippen LogP contribution in [-0.2, 0) is 9.53 Å². The van der Waals surface area contributed by atoms with Crippen LogP contribution in [0.1, 0.15) is 23.0 Å². The number of benzene rings is 1. The van der Waals surface area contributed by atoms with Crippen molar-refractivity contribution in [3.63, 3.8) is 0 Å². The number of H-pyrrole nitrogens is 1. The SMILES string of the molecule is COC(=O)c1cc(-c2csc(NC(=O)C(C)Oc3ccc(C#N)cc3)n2)c[nH]1. The van der Waals surface area contributed by atoms with Crippen LogP contribution < -0.4 is 10.1 Å². The summed E-state index contributed by atoms with van der Waals surface area (Å²) in [7, 11) is 1.31. The lowest BCUT2D eigenvalue weighted by molar-refractivity contribution is -0.122. The summed E-state index contributed by atoms with van der Waals surface area (Å²) in [5, 5.41) is 13.7. The summed E-state index contributed by atoms with van der Waals surface area (Å²) in [5.41, 5.74) is 2.16. The fourth-order valence-corrected chi connectivity index (χ4v) is 3.03. The van der Waals surface area contributed by atoms with Crippen LogP contribution >= 0.6 is 11.3 Å². The van der Waals surface area contributed by atoms with Gasteiger partial charge in [-0.2, -0.15) is 5.26 Å². The second-order valence-electron chi connectivity index (χ2n) is 5.72. The van der Waals surface area contributed by atoms with Gasteiger partial charge in [0.05, 0.1) is 24.4 Å². The van der Waals surface area contributed by atoms with Crippen molar-refractivity contribution >= 4 is 28.3 Å². The predicted octanol–water partition coefficient (Wildman–Crippen LogP) is 3.20. The van der Waals surface area contributed by atoms with Crippen LogP contribution in [0.3, 0.4) is 0 Å². The largest absolute Gasteiger partial charge is 0.481 e. The summed E-state index contributed by atoms with van der Waals surface area (Å²) in [6, 6.07) is 10.2. The molecule has 2 N–H and O–H groups in total. The van der Waals surface area contributed by atoms with E-state index in [1.54, 1.807) is 48.8 Å². The van der Waals surface area contributed by atoms with Crippen LogP contribution in [0.5, 0.6) is 5.75 Å². The molecule has 0 saturated heterocycles. The van der Waals surface area contributed by atoms with Gasteiger partial charge in [-0.3, -0.25) is 10.1 Å². The van der Waals surface area contributed by atoms with Crippen molar-refractivity contribution in [3.8, 4) is 23.1 Å². The third-order valence-corrected chi connectivity index (χ3v) is 4.54. The fraction of sp³-hybridized carbons (Fsp3) is 0.158. The number of aromatic nitrogens is 2. The zero-order valence-corrected chi connectivity index (χ0v) is 15.9. The van der Waals surface area contributed by atoms with E-state index >= 15 is 0 Å². The van der Waals surface area contributed by atoms with Crippen molar-refractivity contribution in [1.82, 2.24) is 9.97 Å². The molecule has 1 atom stereocenters. The van der Waals surface area contributed by atoms with Crippen molar-refractivity contribution in [2.45, 2.75) is 13.0 Å². The van der Waals surface area contributed by atoms with Gasteiger partial charge in [-0.05, 0) is 37.3 Å². The van der Waals surface area contributed by atoms with Crippen molar-refractivity contribution in [2.75, 3.05) is 12.4 Å². The quantitative estimate of drug-likeness (QED) is 0.618. The molecule has 0 aliphatic rings. The Hall–Kier alpha value is -3.64. The number of anilines is 1. The Morgan fingerprint density at radius 3 is 2.75 bits per heavy atom. The van der Waals surface area contributed by atoms with Crippen molar-refractivity contribution in [2.24, 2.45) is 0 Å². The number of thiazole rings is 1. The molecular formula is C19H16N4O4S. The maximum atomic E-state index is 12.3. The summed E-state index contributed by atoms with van der Waals surface area (Å²) in [5.74, 6) is -0.331. The highest BCUT2D eigenvalue weighted by molar-refractivity contribution is 7.14. The summed E-state index contributed by atoms with van der Waals surface area (Å²) < 4.78 is 10.2. The molecule has 3 aromatic rings. The Kier molecular flexibility index (Phi) is 5.72. The Morgan fingerprint density at radius 2 is 2.07 bits per heavy atom. The van der Waals surface area contributed by atoms with Gasteiger partial charge < -0.3 is 14.5 Å². The molecule has 0 bridgehead atoms. The van der Waals surface area contributed by atoms with Crippen LogP contribution in [0, 0.1) is 11.3 Å². The molecule has 142 valence electrons. The monoisotopic (exact) mass is 396 g/mol. The second kappa shape index (κ2) is 8.37. The lowest BCUT2D eigenvalue weighted by atomic mass is 10.2. The average molecular weight is 396 g/mol. The number of hydrogen-bond donors (Lipinski definition) is 2. The second-order valence-corrected chi connectivity index (χ2v) is 6.58. The zero-order chi connectivity index (χ0) is 20.1. The highest BCUT2D eigenvalue weighted by atomic mass is 32.1. The molecular weight excluding hydrogens is 380 g/mol. The van der Waals surface area contributed by atoms with Crippen LogP contribution in [0.4, 0.5) is 5.13 Å². The minimum Gasteiger partial charge on any atom is -0.481 e. The van der Waals surface area contributed by atoms with E-state index in [4.69, 9.17) is 10.00 Å². The van der Waals surface area contributed by atoms with E-state index in [1.165, 1.54) is 18.4 Å². The molecule has 0 fully saturated rings. The Balaban J connectivity index is 1.62. The first-order valence-corrected chi connectivity index (χ1v) is 9.08. The number of amides is 1. The fourth-order valence-electron chi connectivity index (χ4n) is 2.31. The van der Waals surface area contributed by atoms with Crippen molar-refractivity contribution in [3.05, 3.63) is 53.2 Å². The molecule has 28 heavy (non-hydrogen) atoms. The number of hydrogen-bond acceptors (Lipinski definition) is 7. The topological polar surface area (TPSA) is 117 Å². The maximum absolute atomic E-state index is 12.3. The minimum atomic E-state index is -0.751. The van der Waals surface area contributed by atoms with Crippen LogP contribution in [0.2, 0.25) is 0 Å². The predicted molar refractivity (Wildman–Crippen MR) is 103 cm³/mol. The van der Waals surface area contributed by atoms with Crippen LogP contribution in [0.15, 0.2) is 41.9 Å². The Labute approximate surface area is 164 Å². The molecule has 1 unspecified atom stereocenters. The summed E-state index contributed by atoms with van der Waals surface area (Å²) >= 11 is 1.26.